The molecule has 0 aliphatic carbocycles. The van der Waals surface area contributed by atoms with E-state index >= 15 is 0 Å². The minimum absolute atomic E-state index is 0.105. The number of carboxylic acids is 1. The molecule has 1 aliphatic rings. The summed E-state index contributed by atoms with van der Waals surface area (Å²) in [5.41, 5.74) is 0.0775. The van der Waals surface area contributed by atoms with Crippen molar-refractivity contribution in [3.63, 3.8) is 0 Å². The number of nitrogens with zero attached hydrogens (tertiary/aromatic N) is 2. The van der Waals surface area contributed by atoms with Gasteiger partial charge in [0.25, 0.3) is 0 Å². The van der Waals surface area contributed by atoms with Crippen LogP contribution >= 0.6 is 0 Å². The van der Waals surface area contributed by atoms with Crippen LogP contribution in [0.3, 0.4) is 0 Å². The van der Waals surface area contributed by atoms with E-state index in [0.717, 1.165) is 0 Å². The monoisotopic (exact) mass is 337 g/mol. The number of carbonyl (C=O) groups is 2. The van der Waals surface area contributed by atoms with Gasteiger partial charge < -0.3 is 24.8 Å². The van der Waals surface area contributed by atoms with E-state index in [1.54, 1.807) is 26.8 Å². The molecule has 132 valence electrons. The molecule has 1 saturated heterocycles. The van der Waals surface area contributed by atoms with E-state index in [9.17, 15) is 14.7 Å². The summed E-state index contributed by atoms with van der Waals surface area (Å²) in [5.74, 6) is -0.706. The molecule has 1 fully saturated rings. The average molecular weight is 337 g/mol. The quantitative estimate of drug-likeness (QED) is 0.865. The SMILES string of the molecule is COc1cc(N2CC[C@H](NC(=O)OC(C)(C)C)C2)c(C(=O)O)cn1. The van der Waals surface area contributed by atoms with Gasteiger partial charge in [0.1, 0.15) is 11.2 Å². The summed E-state index contributed by atoms with van der Waals surface area (Å²) < 4.78 is 10.3. The van der Waals surface area contributed by atoms with Crippen LogP contribution in [-0.2, 0) is 4.74 Å². The summed E-state index contributed by atoms with van der Waals surface area (Å²) in [7, 11) is 1.48. The number of rotatable bonds is 4. The van der Waals surface area contributed by atoms with Crippen molar-refractivity contribution in [3.8, 4) is 5.88 Å². The molecule has 1 atom stereocenters. The van der Waals surface area contributed by atoms with Crippen molar-refractivity contribution in [2.24, 2.45) is 0 Å². The van der Waals surface area contributed by atoms with Crippen molar-refractivity contribution >= 4 is 17.7 Å². The molecule has 2 heterocycles. The third kappa shape index (κ3) is 4.50. The van der Waals surface area contributed by atoms with E-state index < -0.39 is 17.7 Å². The Bertz CT molecular complexity index is 627. The fraction of sp³-hybridized carbons (Fsp3) is 0.562. The first-order valence-electron chi connectivity index (χ1n) is 7.71. The minimum atomic E-state index is -1.05. The summed E-state index contributed by atoms with van der Waals surface area (Å²) in [4.78, 5) is 29.1. The number of aromatic carboxylic acids is 1. The third-order valence-corrected chi connectivity index (χ3v) is 3.55. The van der Waals surface area contributed by atoms with Crippen molar-refractivity contribution < 1.29 is 24.2 Å². The summed E-state index contributed by atoms with van der Waals surface area (Å²) in [5, 5.41) is 12.1. The van der Waals surface area contributed by atoms with Crippen LogP contribution < -0.4 is 15.0 Å². The number of alkyl carbamates (subject to hydrolysis) is 1. The number of hydrogen-bond donors (Lipinski definition) is 2. The molecule has 1 aromatic heterocycles. The molecular weight excluding hydrogens is 314 g/mol. The molecule has 1 amide bonds. The van der Waals surface area contributed by atoms with E-state index in [2.05, 4.69) is 10.3 Å². The second kappa shape index (κ2) is 6.94. The van der Waals surface area contributed by atoms with Gasteiger partial charge in [-0.2, -0.15) is 0 Å². The van der Waals surface area contributed by atoms with E-state index in [1.165, 1.54) is 13.3 Å². The Kier molecular flexibility index (Phi) is 5.16. The van der Waals surface area contributed by atoms with E-state index in [0.29, 0.717) is 31.1 Å². The van der Waals surface area contributed by atoms with Crippen LogP contribution in [0.1, 0.15) is 37.6 Å². The number of amides is 1. The van der Waals surface area contributed by atoms with Crippen molar-refractivity contribution in [1.29, 1.82) is 0 Å². The number of hydrogen-bond acceptors (Lipinski definition) is 6. The highest BCUT2D eigenvalue weighted by Gasteiger charge is 2.29. The Morgan fingerprint density at radius 1 is 1.42 bits per heavy atom. The predicted molar refractivity (Wildman–Crippen MR) is 87.7 cm³/mol. The lowest BCUT2D eigenvalue weighted by Crippen LogP contribution is -2.40. The standard InChI is InChI=1S/C16H23N3O5/c1-16(2,3)24-15(22)18-10-5-6-19(9-10)12-7-13(23-4)17-8-11(12)14(20)21/h7-8,10H,5-6,9H2,1-4H3,(H,18,22)(H,20,21)/t10-/m0/s1. The van der Waals surface area contributed by atoms with E-state index in [1.807, 2.05) is 4.90 Å². The zero-order valence-corrected chi connectivity index (χ0v) is 14.3. The summed E-state index contributed by atoms with van der Waals surface area (Å²) in [6.07, 6.45) is 1.51. The molecule has 0 saturated carbocycles. The number of nitrogens with one attached hydrogen (secondary N) is 1. The topological polar surface area (TPSA) is 101 Å². The van der Waals surface area contributed by atoms with Gasteiger partial charge in [-0.15, -0.1) is 0 Å². The normalized spacial score (nSPS) is 17.5. The molecule has 0 bridgehead atoms. The second-order valence-electron chi connectivity index (χ2n) is 6.63. The lowest BCUT2D eigenvalue weighted by molar-refractivity contribution is 0.0508. The molecule has 0 aromatic carbocycles. The summed E-state index contributed by atoms with van der Waals surface area (Å²) in [6.45, 7) is 6.52. The lowest BCUT2D eigenvalue weighted by atomic mass is 10.2. The molecule has 2 rings (SSSR count). The van der Waals surface area contributed by atoms with Gasteiger partial charge in [0.05, 0.1) is 18.8 Å². The lowest BCUT2D eigenvalue weighted by Gasteiger charge is -2.23. The second-order valence-corrected chi connectivity index (χ2v) is 6.63. The molecule has 2 N–H and O–H groups in total. The zero-order chi connectivity index (χ0) is 17.9. The van der Waals surface area contributed by atoms with Gasteiger partial charge in [0, 0.05) is 25.4 Å². The minimum Gasteiger partial charge on any atom is -0.481 e. The Morgan fingerprint density at radius 3 is 2.71 bits per heavy atom. The van der Waals surface area contributed by atoms with E-state index in [-0.39, 0.29) is 11.6 Å². The van der Waals surface area contributed by atoms with Crippen molar-refractivity contribution in [2.45, 2.75) is 38.8 Å². The summed E-state index contributed by atoms with van der Waals surface area (Å²) >= 11 is 0. The fourth-order valence-electron chi connectivity index (χ4n) is 2.54. The zero-order valence-electron chi connectivity index (χ0n) is 14.3. The number of anilines is 1. The smallest absolute Gasteiger partial charge is 0.407 e. The molecule has 24 heavy (non-hydrogen) atoms. The van der Waals surface area contributed by atoms with Gasteiger partial charge >= 0.3 is 12.1 Å². The van der Waals surface area contributed by atoms with Crippen molar-refractivity contribution in [3.05, 3.63) is 17.8 Å². The van der Waals surface area contributed by atoms with Crippen LogP contribution in [0, 0.1) is 0 Å². The Labute approximate surface area is 140 Å². The largest absolute Gasteiger partial charge is 0.481 e. The number of pyridine rings is 1. The van der Waals surface area contributed by atoms with Crippen LogP contribution in [-0.4, -0.2) is 54.0 Å². The maximum absolute atomic E-state index is 11.9. The predicted octanol–water partition coefficient (Wildman–Crippen LogP) is 1.89. The van der Waals surface area contributed by atoms with Crippen LogP contribution in [0.15, 0.2) is 12.3 Å². The van der Waals surface area contributed by atoms with Gasteiger partial charge in [0.15, 0.2) is 0 Å². The molecule has 0 radical (unpaired) electrons. The molecule has 8 heteroatoms. The molecule has 0 unspecified atom stereocenters. The van der Waals surface area contributed by atoms with Crippen LogP contribution in [0.25, 0.3) is 0 Å². The Balaban J connectivity index is 2.08. The first-order valence-corrected chi connectivity index (χ1v) is 7.71. The van der Waals surface area contributed by atoms with Crippen LogP contribution in [0.5, 0.6) is 5.88 Å². The molecule has 8 nitrogen and oxygen atoms in total. The number of methoxy groups -OCH3 is 1. The molecule has 1 aromatic rings. The number of carbonyl (C=O) groups excluding carboxylic acids is 1. The number of carboxylic acid groups (broad SMARTS) is 1. The van der Waals surface area contributed by atoms with Crippen LogP contribution in [0.2, 0.25) is 0 Å². The molecule has 0 spiro atoms. The number of ether oxygens (including phenoxy) is 2. The van der Waals surface area contributed by atoms with Gasteiger partial charge in [-0.05, 0) is 27.2 Å². The maximum atomic E-state index is 11.9. The molecule has 1 aliphatic heterocycles. The van der Waals surface area contributed by atoms with Crippen molar-refractivity contribution in [1.82, 2.24) is 10.3 Å². The van der Waals surface area contributed by atoms with E-state index in [4.69, 9.17) is 9.47 Å². The highest BCUT2D eigenvalue weighted by molar-refractivity contribution is 5.94. The van der Waals surface area contributed by atoms with Gasteiger partial charge in [-0.1, -0.05) is 0 Å². The number of aromatic nitrogens is 1. The highest BCUT2D eigenvalue weighted by atomic mass is 16.6. The average Bonchev–Trinajstić information content (AvgIpc) is 2.92. The Hall–Kier alpha value is -2.51. The fourth-order valence-corrected chi connectivity index (χ4v) is 2.54. The van der Waals surface area contributed by atoms with Gasteiger partial charge in [-0.25, -0.2) is 14.6 Å². The van der Waals surface area contributed by atoms with Crippen molar-refractivity contribution in [2.75, 3.05) is 25.1 Å². The first kappa shape index (κ1) is 17.8. The first-order chi connectivity index (χ1) is 11.2. The molecular formula is C16H23N3O5. The van der Waals surface area contributed by atoms with Crippen LogP contribution in [0.4, 0.5) is 10.5 Å². The van der Waals surface area contributed by atoms with Gasteiger partial charge in [-0.3, -0.25) is 0 Å². The maximum Gasteiger partial charge on any atom is 0.407 e. The highest BCUT2D eigenvalue weighted by Crippen LogP contribution is 2.27. The Morgan fingerprint density at radius 2 is 2.12 bits per heavy atom. The van der Waals surface area contributed by atoms with Gasteiger partial charge in [0.2, 0.25) is 5.88 Å². The third-order valence-electron chi connectivity index (χ3n) is 3.55. The summed E-state index contributed by atoms with van der Waals surface area (Å²) in [6, 6.07) is 1.49.